The third-order valence-corrected chi connectivity index (χ3v) is 4.50. The summed E-state index contributed by atoms with van der Waals surface area (Å²) >= 11 is 0. The Morgan fingerprint density at radius 2 is 2.19 bits per heavy atom. The predicted molar refractivity (Wildman–Crippen MR) is 82.1 cm³/mol. The van der Waals surface area contributed by atoms with Gasteiger partial charge in [0.2, 0.25) is 0 Å². The monoisotopic (exact) mass is 293 g/mol. The van der Waals surface area contributed by atoms with E-state index in [4.69, 9.17) is 4.74 Å². The minimum Gasteiger partial charge on any atom is -0.461 e. The van der Waals surface area contributed by atoms with Crippen LogP contribution in [0.5, 0.6) is 0 Å². The summed E-state index contributed by atoms with van der Waals surface area (Å²) < 4.78 is 5.09. The molecule has 5 nitrogen and oxygen atoms in total. The van der Waals surface area contributed by atoms with Crippen molar-refractivity contribution in [3.63, 3.8) is 0 Å². The maximum Gasteiger partial charge on any atom is 0.356 e. The van der Waals surface area contributed by atoms with Crippen molar-refractivity contribution in [1.29, 1.82) is 0 Å². The van der Waals surface area contributed by atoms with Crippen molar-refractivity contribution in [1.82, 2.24) is 15.1 Å². The van der Waals surface area contributed by atoms with Crippen molar-refractivity contribution >= 4 is 5.97 Å². The van der Waals surface area contributed by atoms with E-state index in [1.165, 1.54) is 25.7 Å². The molecule has 1 heterocycles. The number of ether oxygens (including phenoxy) is 1. The summed E-state index contributed by atoms with van der Waals surface area (Å²) in [5.41, 5.74) is 1.45. The Labute approximate surface area is 127 Å². The van der Waals surface area contributed by atoms with Crippen molar-refractivity contribution in [2.45, 2.75) is 71.5 Å². The molecule has 0 radical (unpaired) electrons. The molecule has 0 aliphatic heterocycles. The second-order valence-electron chi connectivity index (χ2n) is 5.86. The van der Waals surface area contributed by atoms with Gasteiger partial charge in [-0.2, -0.15) is 5.10 Å². The molecular formula is C16H27N3O2. The molecule has 2 rings (SSSR count). The van der Waals surface area contributed by atoms with Crippen molar-refractivity contribution < 1.29 is 9.53 Å². The summed E-state index contributed by atoms with van der Waals surface area (Å²) in [6.45, 7) is 7.45. The minimum atomic E-state index is -0.305. The lowest BCUT2D eigenvalue weighted by Crippen LogP contribution is -2.39. The van der Waals surface area contributed by atoms with Crippen LogP contribution in [0.25, 0.3) is 0 Å². The van der Waals surface area contributed by atoms with Gasteiger partial charge in [0.1, 0.15) is 5.69 Å². The number of hydrogen-bond donors (Lipinski definition) is 1. The number of aromatic amines is 1. The molecule has 0 amide bonds. The number of esters is 1. The first-order valence-corrected chi connectivity index (χ1v) is 8.12. The number of rotatable bonds is 7. The standard InChI is InChI=1S/C16H27N3O2/c1-4-12(3)19(14-8-6-7-9-14)11-13-10-17-18-15(13)16(20)21-5-2/h10,12,14H,4-9,11H2,1-3H3,(H,17,18)/t12-/m1/s1. The lowest BCUT2D eigenvalue weighted by atomic mass is 10.1. The van der Waals surface area contributed by atoms with Gasteiger partial charge < -0.3 is 4.74 Å². The Balaban J connectivity index is 2.13. The van der Waals surface area contributed by atoms with Gasteiger partial charge in [-0.3, -0.25) is 10.00 Å². The predicted octanol–water partition coefficient (Wildman–Crippen LogP) is 3.13. The van der Waals surface area contributed by atoms with Crippen LogP contribution in [0.3, 0.4) is 0 Å². The second-order valence-corrected chi connectivity index (χ2v) is 5.86. The summed E-state index contributed by atoms with van der Waals surface area (Å²) in [5, 5.41) is 6.83. The Morgan fingerprint density at radius 1 is 1.48 bits per heavy atom. The first-order chi connectivity index (χ1) is 10.2. The van der Waals surface area contributed by atoms with Gasteiger partial charge >= 0.3 is 5.97 Å². The highest BCUT2D eigenvalue weighted by molar-refractivity contribution is 5.88. The zero-order chi connectivity index (χ0) is 15.2. The molecule has 5 heteroatoms. The van der Waals surface area contributed by atoms with Crippen molar-refractivity contribution in [3.05, 3.63) is 17.5 Å². The van der Waals surface area contributed by atoms with Crippen LogP contribution in [-0.2, 0) is 11.3 Å². The first kappa shape index (κ1) is 16.0. The summed E-state index contributed by atoms with van der Waals surface area (Å²) in [5.74, 6) is -0.305. The van der Waals surface area contributed by atoms with E-state index >= 15 is 0 Å². The molecule has 0 saturated heterocycles. The van der Waals surface area contributed by atoms with Crippen molar-refractivity contribution in [2.75, 3.05) is 6.61 Å². The highest BCUT2D eigenvalue weighted by Crippen LogP contribution is 2.28. The van der Waals surface area contributed by atoms with Crippen LogP contribution in [0, 0.1) is 0 Å². The van der Waals surface area contributed by atoms with E-state index in [1.807, 2.05) is 6.92 Å². The summed E-state index contributed by atoms with van der Waals surface area (Å²) in [7, 11) is 0. The number of nitrogens with one attached hydrogen (secondary N) is 1. The third kappa shape index (κ3) is 3.84. The van der Waals surface area contributed by atoms with Crippen LogP contribution in [0.4, 0.5) is 0 Å². The van der Waals surface area contributed by atoms with Crippen LogP contribution in [0.15, 0.2) is 6.20 Å². The molecule has 1 saturated carbocycles. The average molecular weight is 293 g/mol. The molecule has 0 aromatic carbocycles. The number of nitrogens with zero attached hydrogens (tertiary/aromatic N) is 2. The van der Waals surface area contributed by atoms with Crippen LogP contribution in [0.1, 0.15) is 68.9 Å². The Bertz CT molecular complexity index is 452. The summed E-state index contributed by atoms with van der Waals surface area (Å²) in [6, 6.07) is 1.14. The highest BCUT2D eigenvalue weighted by Gasteiger charge is 2.27. The van der Waals surface area contributed by atoms with Gasteiger partial charge in [0.25, 0.3) is 0 Å². The molecule has 1 aliphatic rings. The van der Waals surface area contributed by atoms with Crippen molar-refractivity contribution in [2.24, 2.45) is 0 Å². The van der Waals surface area contributed by atoms with Gasteiger partial charge in [0.15, 0.2) is 0 Å². The average Bonchev–Trinajstić information content (AvgIpc) is 3.15. The summed E-state index contributed by atoms with van der Waals surface area (Å²) in [4.78, 5) is 14.5. The third-order valence-electron chi connectivity index (χ3n) is 4.50. The lowest BCUT2D eigenvalue weighted by Gasteiger charge is -2.34. The highest BCUT2D eigenvalue weighted by atomic mass is 16.5. The Morgan fingerprint density at radius 3 is 2.81 bits per heavy atom. The molecule has 1 N–H and O–H groups in total. The number of aromatic nitrogens is 2. The number of carbonyl (C=O) groups is 1. The molecule has 1 aromatic rings. The van der Waals surface area contributed by atoms with E-state index in [0.717, 1.165) is 18.5 Å². The van der Waals surface area contributed by atoms with Gasteiger partial charge in [-0.25, -0.2) is 4.79 Å². The Hall–Kier alpha value is -1.36. The largest absolute Gasteiger partial charge is 0.461 e. The maximum absolute atomic E-state index is 12.0. The molecule has 1 atom stereocenters. The molecule has 118 valence electrons. The molecule has 1 aliphatic carbocycles. The SMILES string of the molecule is CCOC(=O)c1[nH]ncc1CN(C1CCCC1)[C@H](C)CC. The molecular weight excluding hydrogens is 266 g/mol. The molecule has 21 heavy (non-hydrogen) atoms. The molecule has 0 bridgehead atoms. The molecule has 1 aromatic heterocycles. The van der Waals surface area contributed by atoms with Crippen LogP contribution in [0.2, 0.25) is 0 Å². The maximum atomic E-state index is 12.0. The van der Waals surface area contributed by atoms with E-state index in [9.17, 15) is 4.79 Å². The van der Waals surface area contributed by atoms with E-state index < -0.39 is 0 Å². The topological polar surface area (TPSA) is 58.2 Å². The molecule has 0 unspecified atom stereocenters. The zero-order valence-corrected chi connectivity index (χ0v) is 13.4. The Kier molecular flexibility index (Phi) is 5.79. The second kappa shape index (κ2) is 7.59. The van der Waals surface area contributed by atoms with E-state index in [-0.39, 0.29) is 5.97 Å². The first-order valence-electron chi connectivity index (χ1n) is 8.12. The van der Waals surface area contributed by atoms with Crippen LogP contribution < -0.4 is 0 Å². The van der Waals surface area contributed by atoms with Crippen LogP contribution >= 0.6 is 0 Å². The normalized spacial score (nSPS) is 17.3. The molecule has 1 fully saturated rings. The molecule has 0 spiro atoms. The van der Waals surface area contributed by atoms with E-state index in [1.54, 1.807) is 6.20 Å². The summed E-state index contributed by atoms with van der Waals surface area (Å²) in [6.07, 6.45) is 8.02. The number of H-pyrrole nitrogens is 1. The van der Waals surface area contributed by atoms with Crippen LogP contribution in [-0.4, -0.2) is 39.8 Å². The van der Waals surface area contributed by atoms with Gasteiger partial charge in [0.05, 0.1) is 12.8 Å². The quantitative estimate of drug-likeness (QED) is 0.785. The van der Waals surface area contributed by atoms with Gasteiger partial charge in [-0.05, 0) is 33.1 Å². The fraction of sp³-hybridized carbons (Fsp3) is 0.750. The fourth-order valence-electron chi connectivity index (χ4n) is 3.12. The number of carbonyl (C=O) groups excluding carboxylic acids is 1. The van der Waals surface area contributed by atoms with Crippen molar-refractivity contribution in [3.8, 4) is 0 Å². The minimum absolute atomic E-state index is 0.305. The van der Waals surface area contributed by atoms with Gasteiger partial charge in [0, 0.05) is 24.2 Å². The van der Waals surface area contributed by atoms with E-state index in [0.29, 0.717) is 24.4 Å². The van der Waals surface area contributed by atoms with E-state index in [2.05, 4.69) is 28.9 Å². The van der Waals surface area contributed by atoms with Gasteiger partial charge in [-0.15, -0.1) is 0 Å². The fourth-order valence-corrected chi connectivity index (χ4v) is 3.12. The number of hydrogen-bond acceptors (Lipinski definition) is 4. The smallest absolute Gasteiger partial charge is 0.356 e. The zero-order valence-electron chi connectivity index (χ0n) is 13.4. The van der Waals surface area contributed by atoms with Gasteiger partial charge in [-0.1, -0.05) is 19.8 Å². The lowest BCUT2D eigenvalue weighted by molar-refractivity contribution is 0.0514.